The molecule has 4 nitrogen and oxygen atoms in total. The van der Waals surface area contributed by atoms with E-state index in [0.29, 0.717) is 36.2 Å². The number of rotatable bonds is 2. The fourth-order valence-electron chi connectivity index (χ4n) is 3.32. The third kappa shape index (κ3) is 4.12. The lowest BCUT2D eigenvalue weighted by Gasteiger charge is -2.37. The Hall–Kier alpha value is -0.520. The lowest BCUT2D eigenvalue weighted by molar-refractivity contribution is -0.135. The fourth-order valence-corrected chi connectivity index (χ4v) is 4.02. The number of amides is 1. The van der Waals surface area contributed by atoms with Crippen molar-refractivity contribution >= 4 is 41.5 Å². The summed E-state index contributed by atoms with van der Waals surface area (Å²) in [7, 11) is 0. The number of hydrogen-bond donors (Lipinski definition) is 1. The predicted molar refractivity (Wildman–Crippen MR) is 94.8 cm³/mol. The van der Waals surface area contributed by atoms with Crippen LogP contribution >= 0.6 is 35.6 Å². The highest BCUT2D eigenvalue weighted by Gasteiger charge is 2.31. The summed E-state index contributed by atoms with van der Waals surface area (Å²) in [6.45, 7) is 4.86. The summed E-state index contributed by atoms with van der Waals surface area (Å²) in [6, 6.07) is 3.79. The van der Waals surface area contributed by atoms with Crippen LogP contribution in [0.25, 0.3) is 0 Å². The van der Waals surface area contributed by atoms with Crippen molar-refractivity contribution in [2.24, 2.45) is 0 Å². The number of benzene rings is 1. The van der Waals surface area contributed by atoms with Gasteiger partial charge in [0.2, 0.25) is 5.91 Å². The van der Waals surface area contributed by atoms with Crippen molar-refractivity contribution < 1.29 is 9.53 Å². The SMILES string of the molecule is CC1c2c(Cl)cc(Cl)cc2CCN1C(=O)CC1COCCN1.Cl. The van der Waals surface area contributed by atoms with E-state index in [4.69, 9.17) is 27.9 Å². The lowest BCUT2D eigenvalue weighted by Crippen LogP contribution is -2.46. The maximum atomic E-state index is 12.6. The summed E-state index contributed by atoms with van der Waals surface area (Å²) in [5, 5.41) is 4.62. The molecule has 2 aliphatic rings. The Morgan fingerprint density at radius 1 is 1.43 bits per heavy atom. The van der Waals surface area contributed by atoms with Gasteiger partial charge in [-0.2, -0.15) is 0 Å². The second kappa shape index (κ2) is 8.04. The number of nitrogens with zero attached hydrogens (tertiary/aromatic N) is 1. The summed E-state index contributed by atoms with van der Waals surface area (Å²) in [6.07, 6.45) is 1.26. The van der Waals surface area contributed by atoms with Gasteiger partial charge in [0.1, 0.15) is 0 Å². The molecule has 23 heavy (non-hydrogen) atoms. The van der Waals surface area contributed by atoms with E-state index in [1.54, 1.807) is 6.07 Å². The highest BCUT2D eigenvalue weighted by molar-refractivity contribution is 6.35. The monoisotopic (exact) mass is 378 g/mol. The molecule has 0 saturated carbocycles. The first-order valence-corrected chi connectivity index (χ1v) is 8.40. The zero-order valence-electron chi connectivity index (χ0n) is 13.0. The summed E-state index contributed by atoms with van der Waals surface area (Å²) in [5.74, 6) is 0.146. The molecule has 1 saturated heterocycles. The van der Waals surface area contributed by atoms with Crippen LogP contribution in [0.4, 0.5) is 0 Å². The molecule has 2 unspecified atom stereocenters. The van der Waals surface area contributed by atoms with Gasteiger partial charge in [-0.15, -0.1) is 12.4 Å². The largest absolute Gasteiger partial charge is 0.378 e. The van der Waals surface area contributed by atoms with Gasteiger partial charge in [0, 0.05) is 35.6 Å². The minimum absolute atomic E-state index is 0. The van der Waals surface area contributed by atoms with Crippen LogP contribution in [0.2, 0.25) is 10.0 Å². The summed E-state index contributed by atoms with van der Waals surface area (Å²) >= 11 is 12.4. The summed E-state index contributed by atoms with van der Waals surface area (Å²) in [5.41, 5.74) is 2.17. The second-order valence-corrected chi connectivity index (χ2v) is 6.75. The minimum Gasteiger partial charge on any atom is -0.378 e. The minimum atomic E-state index is -0.0227. The molecular formula is C16H21Cl3N2O2. The number of halogens is 3. The number of carbonyl (C=O) groups is 1. The molecule has 2 aliphatic heterocycles. The molecule has 1 fully saturated rings. The smallest absolute Gasteiger partial charge is 0.224 e. The van der Waals surface area contributed by atoms with E-state index in [9.17, 15) is 4.79 Å². The molecular weight excluding hydrogens is 359 g/mol. The fraction of sp³-hybridized carbons (Fsp3) is 0.562. The highest BCUT2D eigenvalue weighted by Crippen LogP contribution is 2.37. The predicted octanol–water partition coefficient (Wildman–Crippen LogP) is 3.24. The van der Waals surface area contributed by atoms with E-state index in [1.807, 2.05) is 17.9 Å². The summed E-state index contributed by atoms with van der Waals surface area (Å²) < 4.78 is 5.42. The van der Waals surface area contributed by atoms with Crippen molar-refractivity contribution in [1.82, 2.24) is 10.2 Å². The van der Waals surface area contributed by atoms with Crippen molar-refractivity contribution in [3.05, 3.63) is 33.3 Å². The Labute approximate surface area is 152 Å². The van der Waals surface area contributed by atoms with E-state index >= 15 is 0 Å². The first-order valence-electron chi connectivity index (χ1n) is 7.64. The van der Waals surface area contributed by atoms with Crippen molar-refractivity contribution in [3.63, 3.8) is 0 Å². The van der Waals surface area contributed by atoms with Gasteiger partial charge in [-0.05, 0) is 36.6 Å². The van der Waals surface area contributed by atoms with Gasteiger partial charge in [-0.3, -0.25) is 4.79 Å². The maximum absolute atomic E-state index is 12.6. The van der Waals surface area contributed by atoms with Crippen molar-refractivity contribution in [2.75, 3.05) is 26.3 Å². The first kappa shape index (κ1) is 18.8. The van der Waals surface area contributed by atoms with E-state index in [2.05, 4.69) is 5.32 Å². The van der Waals surface area contributed by atoms with Gasteiger partial charge < -0.3 is 15.0 Å². The summed E-state index contributed by atoms with van der Waals surface area (Å²) in [4.78, 5) is 14.5. The second-order valence-electron chi connectivity index (χ2n) is 5.90. The van der Waals surface area contributed by atoms with Crippen LogP contribution in [0.3, 0.4) is 0 Å². The Bertz CT molecular complexity index is 577. The number of ether oxygens (including phenoxy) is 1. The number of morpholine rings is 1. The van der Waals surface area contributed by atoms with Crippen molar-refractivity contribution in [3.8, 4) is 0 Å². The van der Waals surface area contributed by atoms with Crippen molar-refractivity contribution in [2.45, 2.75) is 31.8 Å². The van der Waals surface area contributed by atoms with E-state index in [-0.39, 0.29) is 30.4 Å². The van der Waals surface area contributed by atoms with Gasteiger partial charge >= 0.3 is 0 Å². The van der Waals surface area contributed by atoms with Crippen LogP contribution < -0.4 is 5.32 Å². The van der Waals surface area contributed by atoms with Gasteiger partial charge in [0.25, 0.3) is 0 Å². The van der Waals surface area contributed by atoms with E-state index in [1.165, 1.54) is 0 Å². The standard InChI is InChI=1S/C16H20Cl2N2O2.ClH/c1-10-16-11(6-12(17)7-14(16)18)2-4-20(10)15(21)8-13-9-22-5-3-19-13;/h6-7,10,13,19H,2-5,8-9H2,1H3;1H. The van der Waals surface area contributed by atoms with Gasteiger partial charge in [0.05, 0.1) is 19.3 Å². The molecule has 1 aromatic carbocycles. The third-order valence-electron chi connectivity index (χ3n) is 4.43. The highest BCUT2D eigenvalue weighted by atomic mass is 35.5. The Morgan fingerprint density at radius 3 is 2.91 bits per heavy atom. The molecule has 0 radical (unpaired) electrons. The molecule has 128 valence electrons. The number of nitrogens with one attached hydrogen (secondary N) is 1. The first-order chi connectivity index (χ1) is 10.6. The van der Waals surface area contributed by atoms with Crippen LogP contribution in [0.5, 0.6) is 0 Å². The topological polar surface area (TPSA) is 41.6 Å². The van der Waals surface area contributed by atoms with E-state index in [0.717, 1.165) is 24.1 Å². The Balaban J connectivity index is 0.00000192. The van der Waals surface area contributed by atoms with Crippen molar-refractivity contribution in [1.29, 1.82) is 0 Å². The molecule has 2 atom stereocenters. The van der Waals surface area contributed by atoms with E-state index < -0.39 is 0 Å². The average Bonchev–Trinajstić information content (AvgIpc) is 2.47. The Morgan fingerprint density at radius 2 is 2.22 bits per heavy atom. The quantitative estimate of drug-likeness (QED) is 0.857. The normalized spacial score (nSPS) is 23.9. The zero-order valence-corrected chi connectivity index (χ0v) is 15.3. The Kier molecular flexibility index (Phi) is 6.57. The molecule has 1 N–H and O–H groups in total. The molecule has 0 bridgehead atoms. The van der Waals surface area contributed by atoms with Crippen LogP contribution in [0.1, 0.15) is 30.5 Å². The van der Waals surface area contributed by atoms with Crippen LogP contribution in [-0.4, -0.2) is 43.2 Å². The molecule has 1 aromatic rings. The third-order valence-corrected chi connectivity index (χ3v) is 4.96. The molecule has 2 heterocycles. The molecule has 3 rings (SSSR count). The molecule has 0 aromatic heterocycles. The molecule has 1 amide bonds. The number of fused-ring (bicyclic) bond motifs is 1. The van der Waals surface area contributed by atoms with Crippen LogP contribution in [0.15, 0.2) is 12.1 Å². The molecule has 7 heteroatoms. The molecule has 0 spiro atoms. The maximum Gasteiger partial charge on any atom is 0.224 e. The zero-order chi connectivity index (χ0) is 15.7. The van der Waals surface area contributed by atoms with Gasteiger partial charge in [-0.1, -0.05) is 23.2 Å². The van der Waals surface area contributed by atoms with Crippen LogP contribution in [0, 0.1) is 0 Å². The number of hydrogen-bond acceptors (Lipinski definition) is 3. The van der Waals surface area contributed by atoms with Crippen LogP contribution in [-0.2, 0) is 16.0 Å². The van der Waals surface area contributed by atoms with Gasteiger partial charge in [-0.25, -0.2) is 0 Å². The number of carbonyl (C=O) groups excluding carboxylic acids is 1. The molecule has 0 aliphatic carbocycles. The lowest BCUT2D eigenvalue weighted by atomic mass is 9.93. The van der Waals surface area contributed by atoms with Gasteiger partial charge in [0.15, 0.2) is 0 Å². The average molecular weight is 380 g/mol.